The highest BCUT2D eigenvalue weighted by atomic mass is 16.4. The van der Waals surface area contributed by atoms with Crippen LogP contribution in [0.25, 0.3) is 0 Å². The zero-order valence-corrected chi connectivity index (χ0v) is 11.0. The number of carbonyl (C=O) groups excluding carboxylic acids is 1. The summed E-state index contributed by atoms with van der Waals surface area (Å²) in [4.78, 5) is 23.4. The molecule has 0 aliphatic heterocycles. The Morgan fingerprint density at radius 2 is 1.58 bits per heavy atom. The number of carbonyl (C=O) groups is 2. The van der Waals surface area contributed by atoms with Gasteiger partial charge in [0.05, 0.1) is 6.61 Å². The minimum Gasteiger partial charge on any atom is -0.480 e. The monoisotopic (exact) mass is 267 g/mol. The summed E-state index contributed by atoms with van der Waals surface area (Å²) >= 11 is 0. The van der Waals surface area contributed by atoms with E-state index in [9.17, 15) is 9.59 Å². The van der Waals surface area contributed by atoms with E-state index in [1.807, 2.05) is 0 Å². The van der Waals surface area contributed by atoms with E-state index in [1.54, 1.807) is 0 Å². The Hall–Kier alpha value is -1.10. The van der Waals surface area contributed by atoms with Crippen LogP contribution < -0.4 is 5.32 Å². The molecule has 1 atom stereocenters. The fourth-order valence-corrected chi connectivity index (χ4v) is 4.89. The van der Waals surface area contributed by atoms with E-state index < -0.39 is 18.6 Å². The topological polar surface area (TPSA) is 86.6 Å². The van der Waals surface area contributed by atoms with E-state index in [2.05, 4.69) is 5.32 Å². The van der Waals surface area contributed by atoms with E-state index in [0.717, 1.165) is 19.3 Å². The predicted molar refractivity (Wildman–Crippen MR) is 67.3 cm³/mol. The maximum Gasteiger partial charge on any atom is 0.328 e. The number of aliphatic hydroxyl groups is 1. The van der Waals surface area contributed by atoms with Gasteiger partial charge < -0.3 is 15.5 Å². The molecule has 5 heteroatoms. The van der Waals surface area contributed by atoms with Crippen molar-refractivity contribution in [2.45, 2.75) is 44.6 Å². The molecule has 0 unspecified atom stereocenters. The van der Waals surface area contributed by atoms with Crippen molar-refractivity contribution in [3.8, 4) is 0 Å². The maximum absolute atomic E-state index is 12.5. The first-order valence-electron chi connectivity index (χ1n) is 7.17. The van der Waals surface area contributed by atoms with Gasteiger partial charge in [-0.3, -0.25) is 4.79 Å². The molecule has 0 heterocycles. The van der Waals surface area contributed by atoms with Crippen LogP contribution in [0.5, 0.6) is 0 Å². The summed E-state index contributed by atoms with van der Waals surface area (Å²) in [6.07, 6.45) is 6.45. The van der Waals surface area contributed by atoms with Crippen LogP contribution in [0.3, 0.4) is 0 Å². The van der Waals surface area contributed by atoms with E-state index in [4.69, 9.17) is 10.2 Å². The largest absolute Gasteiger partial charge is 0.480 e. The molecule has 4 rings (SSSR count). The minimum absolute atomic E-state index is 0.145. The van der Waals surface area contributed by atoms with Gasteiger partial charge in [-0.15, -0.1) is 0 Å². The number of hydrogen-bond acceptors (Lipinski definition) is 3. The molecule has 19 heavy (non-hydrogen) atoms. The summed E-state index contributed by atoms with van der Waals surface area (Å²) in [5.74, 6) is 0.631. The van der Waals surface area contributed by atoms with Crippen molar-refractivity contribution < 1.29 is 19.8 Å². The van der Waals surface area contributed by atoms with Gasteiger partial charge in [0.1, 0.15) is 6.04 Å². The molecule has 4 aliphatic carbocycles. The second-order valence-electron chi connectivity index (χ2n) is 6.74. The third kappa shape index (κ3) is 2.14. The van der Waals surface area contributed by atoms with Crippen LogP contribution in [0, 0.1) is 23.2 Å². The lowest BCUT2D eigenvalue weighted by Gasteiger charge is -2.55. The average Bonchev–Trinajstić information content (AvgIpc) is 2.33. The lowest BCUT2D eigenvalue weighted by Crippen LogP contribution is -2.56. The third-order valence-corrected chi connectivity index (χ3v) is 5.31. The Labute approximate surface area is 112 Å². The van der Waals surface area contributed by atoms with Crippen LogP contribution in [0.15, 0.2) is 0 Å². The van der Waals surface area contributed by atoms with E-state index in [0.29, 0.717) is 17.8 Å². The Kier molecular flexibility index (Phi) is 3.04. The van der Waals surface area contributed by atoms with Crippen LogP contribution >= 0.6 is 0 Å². The quantitative estimate of drug-likeness (QED) is 0.702. The maximum atomic E-state index is 12.5. The second kappa shape index (κ2) is 4.47. The highest BCUT2D eigenvalue weighted by molar-refractivity contribution is 5.87. The highest BCUT2D eigenvalue weighted by Crippen LogP contribution is 2.60. The second-order valence-corrected chi connectivity index (χ2v) is 6.74. The van der Waals surface area contributed by atoms with Crippen LogP contribution in [-0.4, -0.2) is 34.7 Å². The van der Waals surface area contributed by atoms with Crippen molar-refractivity contribution in [1.29, 1.82) is 0 Å². The average molecular weight is 267 g/mol. The van der Waals surface area contributed by atoms with Crippen molar-refractivity contribution in [2.75, 3.05) is 6.61 Å². The molecule has 0 aromatic carbocycles. The molecule has 0 spiro atoms. The zero-order valence-electron chi connectivity index (χ0n) is 11.0. The van der Waals surface area contributed by atoms with Crippen LogP contribution in [0.1, 0.15) is 38.5 Å². The van der Waals surface area contributed by atoms with Gasteiger partial charge in [-0.25, -0.2) is 4.79 Å². The van der Waals surface area contributed by atoms with E-state index >= 15 is 0 Å². The van der Waals surface area contributed by atoms with Gasteiger partial charge in [0.15, 0.2) is 0 Å². The molecule has 5 nitrogen and oxygen atoms in total. The molecule has 4 saturated carbocycles. The Morgan fingerprint density at radius 3 is 1.95 bits per heavy atom. The van der Waals surface area contributed by atoms with E-state index in [1.165, 1.54) is 19.3 Å². The highest BCUT2D eigenvalue weighted by Gasteiger charge is 2.54. The molecule has 4 fully saturated rings. The third-order valence-electron chi connectivity index (χ3n) is 5.31. The molecule has 0 saturated heterocycles. The molecule has 3 N–H and O–H groups in total. The van der Waals surface area contributed by atoms with E-state index in [-0.39, 0.29) is 11.3 Å². The van der Waals surface area contributed by atoms with Gasteiger partial charge in [-0.1, -0.05) is 0 Å². The summed E-state index contributed by atoms with van der Waals surface area (Å²) in [6.45, 7) is -0.548. The van der Waals surface area contributed by atoms with Crippen molar-refractivity contribution in [2.24, 2.45) is 23.2 Å². The number of hydrogen-bond donors (Lipinski definition) is 3. The first kappa shape index (κ1) is 12.9. The van der Waals surface area contributed by atoms with Crippen LogP contribution in [-0.2, 0) is 9.59 Å². The normalized spacial score (nSPS) is 41.0. The molecule has 0 aromatic rings. The summed E-state index contributed by atoms with van der Waals surface area (Å²) in [7, 11) is 0. The Balaban J connectivity index is 1.74. The van der Waals surface area contributed by atoms with Crippen LogP contribution in [0.2, 0.25) is 0 Å². The van der Waals surface area contributed by atoms with Gasteiger partial charge in [0.25, 0.3) is 0 Å². The SMILES string of the molecule is O=C(O)[C@@H](CO)NC(=O)C12CC3CC(CC(C3)C1)C2. The zero-order chi connectivity index (χ0) is 13.6. The number of carboxylic acids is 1. The van der Waals surface area contributed by atoms with Crippen molar-refractivity contribution in [3.05, 3.63) is 0 Å². The first-order valence-corrected chi connectivity index (χ1v) is 7.17. The molecule has 0 radical (unpaired) electrons. The van der Waals surface area contributed by atoms with Crippen molar-refractivity contribution in [1.82, 2.24) is 5.32 Å². The molecular weight excluding hydrogens is 246 g/mol. The molecule has 4 aliphatic rings. The van der Waals surface area contributed by atoms with Gasteiger partial charge in [-0.2, -0.15) is 0 Å². The molecule has 0 aromatic heterocycles. The Morgan fingerprint density at radius 1 is 1.11 bits per heavy atom. The lowest BCUT2D eigenvalue weighted by atomic mass is 9.49. The van der Waals surface area contributed by atoms with Gasteiger partial charge in [-0.05, 0) is 56.3 Å². The number of rotatable bonds is 4. The summed E-state index contributed by atoms with van der Waals surface area (Å²) in [6, 6.07) is -1.17. The molecule has 4 bridgehead atoms. The molecule has 106 valence electrons. The summed E-state index contributed by atoms with van der Waals surface area (Å²) in [5.41, 5.74) is -0.350. The standard InChI is InChI=1S/C14H21NO4/c16-7-11(12(17)18)15-13(19)14-4-8-1-9(5-14)3-10(2-8)6-14/h8-11,16H,1-7H2,(H,15,19)(H,17,18)/t8?,9?,10?,11-,14?/m1/s1. The van der Waals surface area contributed by atoms with Crippen molar-refractivity contribution >= 4 is 11.9 Å². The smallest absolute Gasteiger partial charge is 0.328 e. The summed E-state index contributed by atoms with van der Waals surface area (Å²) in [5, 5.41) is 20.5. The van der Waals surface area contributed by atoms with Gasteiger partial charge >= 0.3 is 5.97 Å². The minimum atomic E-state index is -1.17. The molecular formula is C14H21NO4. The predicted octanol–water partition coefficient (Wildman–Crippen LogP) is 0.764. The number of amides is 1. The van der Waals surface area contributed by atoms with Crippen molar-refractivity contribution in [3.63, 3.8) is 0 Å². The fraction of sp³-hybridized carbons (Fsp3) is 0.857. The number of aliphatic carboxylic acids is 1. The first-order chi connectivity index (χ1) is 9.02. The van der Waals surface area contributed by atoms with Gasteiger partial charge in [0, 0.05) is 5.41 Å². The number of aliphatic hydroxyl groups excluding tert-OH is 1. The number of carboxylic acid groups (broad SMARTS) is 1. The lowest BCUT2D eigenvalue weighted by molar-refractivity contribution is -0.152. The Bertz CT molecular complexity index is 371. The fourth-order valence-electron chi connectivity index (χ4n) is 4.89. The van der Waals surface area contributed by atoms with Crippen LogP contribution in [0.4, 0.5) is 0 Å². The van der Waals surface area contributed by atoms with Gasteiger partial charge in [0.2, 0.25) is 5.91 Å². The molecule has 1 amide bonds. The summed E-state index contributed by atoms with van der Waals surface area (Å²) < 4.78 is 0. The number of nitrogens with one attached hydrogen (secondary N) is 1.